The quantitative estimate of drug-likeness (QED) is 0.535. The summed E-state index contributed by atoms with van der Waals surface area (Å²) in [5.41, 5.74) is 4.91. The number of likely N-dealkylation sites (N-methyl/N-ethyl adjacent to an activating group) is 1. The predicted octanol–water partition coefficient (Wildman–Crippen LogP) is 4.73. The van der Waals surface area contributed by atoms with Crippen molar-refractivity contribution in [3.05, 3.63) is 101 Å². The maximum absolute atomic E-state index is 13.8. The topological polar surface area (TPSA) is 49.9 Å². The van der Waals surface area contributed by atoms with E-state index in [-0.39, 0.29) is 11.8 Å². The van der Waals surface area contributed by atoms with Crippen LogP contribution in [0.5, 0.6) is 5.75 Å². The summed E-state index contributed by atoms with van der Waals surface area (Å²) < 4.78 is 5.54. The molecule has 1 aliphatic heterocycles. The van der Waals surface area contributed by atoms with E-state index in [1.165, 1.54) is 4.90 Å². The molecule has 0 unspecified atom stereocenters. The van der Waals surface area contributed by atoms with Crippen molar-refractivity contribution in [1.82, 2.24) is 4.90 Å². The van der Waals surface area contributed by atoms with Crippen LogP contribution in [-0.4, -0.2) is 30.9 Å². The van der Waals surface area contributed by atoms with Crippen LogP contribution in [0.25, 0.3) is 5.57 Å². The van der Waals surface area contributed by atoms with Crippen molar-refractivity contribution in [2.24, 2.45) is 0 Å². The van der Waals surface area contributed by atoms with Crippen LogP contribution in [0, 0.1) is 13.8 Å². The van der Waals surface area contributed by atoms with Crippen LogP contribution in [0.3, 0.4) is 0 Å². The highest BCUT2D eigenvalue weighted by atomic mass is 16.5. The lowest BCUT2D eigenvalue weighted by molar-refractivity contribution is -0.120. The molecule has 0 bridgehead atoms. The SMILES string of the molecule is COc1ccccc1C1=C(N(C)Cc2ccccc2)C(=O)N(c2cccc(C)c2C)C1=O. The molecular weight excluding hydrogens is 400 g/mol. The Balaban J connectivity index is 1.87. The fourth-order valence-corrected chi connectivity index (χ4v) is 4.10. The van der Waals surface area contributed by atoms with Gasteiger partial charge in [0.2, 0.25) is 0 Å². The van der Waals surface area contributed by atoms with Crippen LogP contribution in [0.15, 0.2) is 78.5 Å². The van der Waals surface area contributed by atoms with Crippen LogP contribution in [0.4, 0.5) is 5.69 Å². The highest BCUT2D eigenvalue weighted by molar-refractivity contribution is 6.45. The maximum Gasteiger partial charge on any atom is 0.282 e. The zero-order chi connectivity index (χ0) is 22.8. The lowest BCUT2D eigenvalue weighted by Gasteiger charge is -2.22. The average Bonchev–Trinajstić information content (AvgIpc) is 3.06. The number of methoxy groups -OCH3 is 1. The molecule has 162 valence electrons. The summed E-state index contributed by atoms with van der Waals surface area (Å²) in [6.07, 6.45) is 0. The fraction of sp³-hybridized carbons (Fsp3) is 0.185. The number of ether oxygens (including phenoxy) is 1. The van der Waals surface area contributed by atoms with Crippen LogP contribution >= 0.6 is 0 Å². The van der Waals surface area contributed by atoms with Gasteiger partial charge in [-0.15, -0.1) is 0 Å². The van der Waals surface area contributed by atoms with E-state index in [9.17, 15) is 9.59 Å². The van der Waals surface area contributed by atoms with Crippen molar-refractivity contribution in [2.45, 2.75) is 20.4 Å². The molecule has 0 radical (unpaired) electrons. The normalized spacial score (nSPS) is 13.7. The monoisotopic (exact) mass is 426 g/mol. The second-order valence-electron chi connectivity index (χ2n) is 7.93. The third kappa shape index (κ3) is 3.66. The van der Waals surface area contributed by atoms with E-state index in [4.69, 9.17) is 4.74 Å². The van der Waals surface area contributed by atoms with Gasteiger partial charge in [-0.25, -0.2) is 4.90 Å². The standard InChI is InChI=1S/C27H26N2O3/c1-18-11-10-15-22(19(18)2)29-26(30)24(21-14-8-9-16-23(21)32-4)25(27(29)31)28(3)17-20-12-6-5-7-13-20/h5-16H,17H2,1-4H3. The molecule has 0 fully saturated rings. The molecule has 5 nitrogen and oxygen atoms in total. The molecule has 0 aliphatic carbocycles. The van der Waals surface area contributed by atoms with Gasteiger partial charge in [0.05, 0.1) is 18.4 Å². The number of amides is 2. The van der Waals surface area contributed by atoms with Gasteiger partial charge in [-0.1, -0.05) is 60.7 Å². The summed E-state index contributed by atoms with van der Waals surface area (Å²) in [5, 5.41) is 0. The van der Waals surface area contributed by atoms with Crippen LogP contribution in [0.2, 0.25) is 0 Å². The molecule has 0 atom stereocenters. The first-order valence-electron chi connectivity index (χ1n) is 10.5. The molecule has 1 aliphatic rings. The predicted molar refractivity (Wildman–Crippen MR) is 126 cm³/mol. The Labute approximate surface area is 188 Å². The van der Waals surface area contributed by atoms with Gasteiger partial charge in [0.1, 0.15) is 11.4 Å². The first-order valence-corrected chi connectivity index (χ1v) is 10.5. The number of aryl methyl sites for hydroxylation is 1. The van der Waals surface area contributed by atoms with E-state index in [1.54, 1.807) is 13.2 Å². The third-order valence-corrected chi connectivity index (χ3v) is 5.90. The van der Waals surface area contributed by atoms with Gasteiger partial charge in [-0.2, -0.15) is 0 Å². The van der Waals surface area contributed by atoms with Crippen molar-refractivity contribution in [3.8, 4) is 5.75 Å². The second kappa shape index (κ2) is 8.71. The molecule has 0 aromatic heterocycles. The number of imide groups is 1. The highest BCUT2D eigenvalue weighted by Crippen LogP contribution is 2.39. The number of para-hydroxylation sites is 1. The largest absolute Gasteiger partial charge is 0.496 e. The highest BCUT2D eigenvalue weighted by Gasteiger charge is 2.43. The summed E-state index contributed by atoms with van der Waals surface area (Å²) in [4.78, 5) is 30.7. The van der Waals surface area contributed by atoms with Crippen LogP contribution < -0.4 is 9.64 Å². The van der Waals surface area contributed by atoms with Crippen molar-refractivity contribution in [3.63, 3.8) is 0 Å². The number of rotatable bonds is 6. The number of anilines is 1. The molecule has 2 amide bonds. The van der Waals surface area contributed by atoms with E-state index >= 15 is 0 Å². The molecule has 32 heavy (non-hydrogen) atoms. The molecule has 4 rings (SSSR count). The number of carbonyl (C=O) groups excluding carboxylic acids is 2. The van der Waals surface area contributed by atoms with E-state index in [1.807, 2.05) is 92.5 Å². The van der Waals surface area contributed by atoms with Crippen molar-refractivity contribution >= 4 is 23.1 Å². The van der Waals surface area contributed by atoms with Crippen LogP contribution in [-0.2, 0) is 16.1 Å². The maximum atomic E-state index is 13.8. The lowest BCUT2D eigenvalue weighted by atomic mass is 10.0. The molecular formula is C27H26N2O3. The lowest BCUT2D eigenvalue weighted by Crippen LogP contribution is -2.34. The molecule has 5 heteroatoms. The van der Waals surface area contributed by atoms with Crippen molar-refractivity contribution in [1.29, 1.82) is 0 Å². The van der Waals surface area contributed by atoms with E-state index in [0.717, 1.165) is 16.7 Å². The Kier molecular flexibility index (Phi) is 5.82. The van der Waals surface area contributed by atoms with E-state index in [0.29, 0.717) is 34.8 Å². The number of carbonyl (C=O) groups is 2. The van der Waals surface area contributed by atoms with Gasteiger partial charge in [0, 0.05) is 19.2 Å². The molecule has 0 saturated carbocycles. The first-order chi connectivity index (χ1) is 15.4. The molecule has 3 aromatic rings. The molecule has 0 N–H and O–H groups in total. The zero-order valence-electron chi connectivity index (χ0n) is 18.8. The smallest absolute Gasteiger partial charge is 0.282 e. The van der Waals surface area contributed by atoms with Gasteiger partial charge in [0.15, 0.2) is 0 Å². The minimum atomic E-state index is -0.344. The Morgan fingerprint density at radius 3 is 2.25 bits per heavy atom. The number of hydrogen-bond acceptors (Lipinski definition) is 4. The van der Waals surface area contributed by atoms with Gasteiger partial charge in [-0.05, 0) is 42.7 Å². The summed E-state index contributed by atoms with van der Waals surface area (Å²) in [6, 6.07) is 22.9. The van der Waals surface area contributed by atoms with Gasteiger partial charge in [0.25, 0.3) is 11.8 Å². The van der Waals surface area contributed by atoms with Crippen molar-refractivity contribution in [2.75, 3.05) is 19.1 Å². The van der Waals surface area contributed by atoms with E-state index < -0.39 is 0 Å². The first kappa shape index (κ1) is 21.4. The third-order valence-electron chi connectivity index (χ3n) is 5.90. The minimum Gasteiger partial charge on any atom is -0.496 e. The van der Waals surface area contributed by atoms with Crippen LogP contribution in [0.1, 0.15) is 22.3 Å². The molecule has 3 aromatic carbocycles. The van der Waals surface area contributed by atoms with E-state index in [2.05, 4.69) is 0 Å². The Morgan fingerprint density at radius 2 is 1.53 bits per heavy atom. The number of nitrogens with zero attached hydrogens (tertiary/aromatic N) is 2. The molecule has 1 heterocycles. The second-order valence-corrected chi connectivity index (χ2v) is 7.93. The molecule has 0 saturated heterocycles. The number of benzene rings is 3. The summed E-state index contributed by atoms with van der Waals surface area (Å²) in [5.74, 6) is -0.122. The molecule has 0 spiro atoms. The average molecular weight is 427 g/mol. The van der Waals surface area contributed by atoms with Crippen molar-refractivity contribution < 1.29 is 14.3 Å². The number of hydrogen-bond donors (Lipinski definition) is 0. The fourth-order valence-electron chi connectivity index (χ4n) is 4.10. The minimum absolute atomic E-state index is 0.331. The Hall–Kier alpha value is -3.86. The summed E-state index contributed by atoms with van der Waals surface area (Å²) in [7, 11) is 3.41. The van der Waals surface area contributed by atoms with Gasteiger partial charge in [-0.3, -0.25) is 9.59 Å². The van der Waals surface area contributed by atoms with Gasteiger partial charge >= 0.3 is 0 Å². The Morgan fingerprint density at radius 1 is 0.844 bits per heavy atom. The Bertz CT molecular complexity index is 1210. The van der Waals surface area contributed by atoms with Gasteiger partial charge < -0.3 is 9.64 Å². The summed E-state index contributed by atoms with van der Waals surface area (Å²) >= 11 is 0. The summed E-state index contributed by atoms with van der Waals surface area (Å²) in [6.45, 7) is 4.40. The zero-order valence-corrected chi connectivity index (χ0v) is 18.8.